The number of hydrogen-bond acceptors (Lipinski definition) is 3. The number of nitrogens with one attached hydrogen (secondary N) is 1. The number of benzene rings is 1. The molecule has 1 aromatic carbocycles. The Bertz CT molecular complexity index is 818. The van der Waals surface area contributed by atoms with Crippen LogP contribution in [0.2, 0.25) is 0 Å². The van der Waals surface area contributed by atoms with Crippen molar-refractivity contribution in [2.75, 3.05) is 13.1 Å². The summed E-state index contributed by atoms with van der Waals surface area (Å²) in [7, 11) is 0. The van der Waals surface area contributed by atoms with Gasteiger partial charge in [0.2, 0.25) is 0 Å². The van der Waals surface area contributed by atoms with Crippen molar-refractivity contribution in [2.24, 2.45) is 0 Å². The van der Waals surface area contributed by atoms with Gasteiger partial charge < -0.3 is 5.32 Å². The largest absolute Gasteiger partial charge is 0.350 e. The number of rotatable bonds is 6. The molecule has 1 N–H and O–H groups in total. The lowest BCUT2D eigenvalue weighted by Crippen LogP contribution is -2.35. The van der Waals surface area contributed by atoms with E-state index in [1.807, 2.05) is 32.9 Å². The fourth-order valence-electron chi connectivity index (χ4n) is 4.05. The molecule has 0 unspecified atom stereocenters. The number of nitrogens with zero attached hydrogens (tertiary/aromatic N) is 2. The van der Waals surface area contributed by atoms with Crippen molar-refractivity contribution in [3.8, 4) is 0 Å². The number of hydrogen-bond donors (Lipinski definition) is 1. The number of piperidine rings is 1. The Balaban J connectivity index is 1.64. The third-order valence-corrected chi connectivity index (χ3v) is 5.76. The van der Waals surface area contributed by atoms with Gasteiger partial charge in [-0.05, 0) is 75.9 Å². The van der Waals surface area contributed by atoms with Crippen LogP contribution in [0, 0.1) is 6.92 Å². The SMILES string of the molecule is Cc1ccc(C(=O)NC(C)C)c(C2CCN(Cc3ccc(C(C)C)cc3)CC2)n1. The van der Waals surface area contributed by atoms with E-state index in [1.54, 1.807) is 0 Å². The molecule has 0 atom stereocenters. The molecule has 0 bridgehead atoms. The fraction of sp³-hybridized carbons (Fsp3) is 0.520. The first-order valence-electron chi connectivity index (χ1n) is 10.9. The van der Waals surface area contributed by atoms with E-state index in [0.717, 1.165) is 49.4 Å². The van der Waals surface area contributed by atoms with Crippen LogP contribution >= 0.6 is 0 Å². The number of pyridine rings is 1. The molecule has 0 aliphatic carbocycles. The Labute approximate surface area is 175 Å². The molecule has 0 spiro atoms. The van der Waals surface area contributed by atoms with Crippen LogP contribution < -0.4 is 5.32 Å². The van der Waals surface area contributed by atoms with E-state index in [4.69, 9.17) is 4.98 Å². The highest BCUT2D eigenvalue weighted by atomic mass is 16.1. The summed E-state index contributed by atoms with van der Waals surface area (Å²) in [6.45, 7) is 13.5. The number of carbonyl (C=O) groups excluding carboxylic acids is 1. The average Bonchev–Trinajstić information content (AvgIpc) is 2.68. The normalized spacial score (nSPS) is 15.8. The van der Waals surface area contributed by atoms with Gasteiger partial charge in [-0.15, -0.1) is 0 Å². The summed E-state index contributed by atoms with van der Waals surface area (Å²) in [6.07, 6.45) is 2.09. The van der Waals surface area contributed by atoms with E-state index < -0.39 is 0 Å². The second-order valence-electron chi connectivity index (χ2n) is 8.96. The Hall–Kier alpha value is -2.20. The minimum absolute atomic E-state index is 0.00447. The van der Waals surface area contributed by atoms with E-state index in [0.29, 0.717) is 11.8 Å². The van der Waals surface area contributed by atoms with Crippen LogP contribution in [-0.2, 0) is 6.54 Å². The smallest absolute Gasteiger partial charge is 0.253 e. The van der Waals surface area contributed by atoms with Crippen molar-refractivity contribution in [2.45, 2.75) is 71.9 Å². The zero-order valence-electron chi connectivity index (χ0n) is 18.5. The lowest BCUT2D eigenvalue weighted by atomic mass is 9.89. The highest BCUT2D eigenvalue weighted by Gasteiger charge is 2.26. The molecule has 1 amide bonds. The Morgan fingerprint density at radius 2 is 1.72 bits per heavy atom. The molecule has 4 nitrogen and oxygen atoms in total. The van der Waals surface area contributed by atoms with Crippen molar-refractivity contribution in [3.05, 3.63) is 64.5 Å². The van der Waals surface area contributed by atoms with Crippen molar-refractivity contribution in [1.29, 1.82) is 0 Å². The highest BCUT2D eigenvalue weighted by molar-refractivity contribution is 5.95. The summed E-state index contributed by atoms with van der Waals surface area (Å²) >= 11 is 0. The van der Waals surface area contributed by atoms with Gasteiger partial charge in [0.15, 0.2) is 0 Å². The molecule has 29 heavy (non-hydrogen) atoms. The van der Waals surface area contributed by atoms with E-state index in [-0.39, 0.29) is 11.9 Å². The first-order valence-corrected chi connectivity index (χ1v) is 10.9. The summed E-state index contributed by atoms with van der Waals surface area (Å²) in [6, 6.07) is 13.0. The molecule has 0 saturated carbocycles. The number of aromatic nitrogens is 1. The Morgan fingerprint density at radius 1 is 1.07 bits per heavy atom. The maximum atomic E-state index is 12.6. The molecule has 4 heteroatoms. The molecule has 1 aliphatic rings. The zero-order valence-corrected chi connectivity index (χ0v) is 18.5. The lowest BCUT2D eigenvalue weighted by Gasteiger charge is -2.32. The van der Waals surface area contributed by atoms with Gasteiger partial charge in [0.05, 0.1) is 11.3 Å². The molecular formula is C25H35N3O. The average molecular weight is 394 g/mol. The fourth-order valence-corrected chi connectivity index (χ4v) is 4.05. The van der Waals surface area contributed by atoms with Crippen LogP contribution in [0.25, 0.3) is 0 Å². The first kappa shape index (κ1) is 21.5. The van der Waals surface area contributed by atoms with Gasteiger partial charge in [-0.3, -0.25) is 14.7 Å². The molecule has 3 rings (SSSR count). The van der Waals surface area contributed by atoms with Gasteiger partial charge in [-0.25, -0.2) is 0 Å². The Morgan fingerprint density at radius 3 is 2.31 bits per heavy atom. The number of likely N-dealkylation sites (tertiary alicyclic amines) is 1. The zero-order chi connectivity index (χ0) is 21.0. The Kier molecular flexibility index (Phi) is 7.07. The molecule has 1 saturated heterocycles. The first-order chi connectivity index (χ1) is 13.8. The third kappa shape index (κ3) is 5.66. The predicted octanol–water partition coefficient (Wildman–Crippen LogP) is 5.03. The van der Waals surface area contributed by atoms with Crippen LogP contribution in [0.3, 0.4) is 0 Å². The minimum atomic E-state index is -0.00447. The predicted molar refractivity (Wildman–Crippen MR) is 119 cm³/mol. The molecule has 2 aromatic rings. The molecule has 0 radical (unpaired) electrons. The van der Waals surface area contributed by atoms with Crippen molar-refractivity contribution in [3.63, 3.8) is 0 Å². The number of amides is 1. The summed E-state index contributed by atoms with van der Waals surface area (Å²) in [5.41, 5.74) is 5.47. The number of carbonyl (C=O) groups is 1. The van der Waals surface area contributed by atoms with Gasteiger partial charge in [-0.2, -0.15) is 0 Å². The monoisotopic (exact) mass is 393 g/mol. The topological polar surface area (TPSA) is 45.2 Å². The maximum Gasteiger partial charge on any atom is 0.253 e. The molecule has 2 heterocycles. The standard InChI is InChI=1S/C25H35N3O/c1-17(2)21-9-7-20(8-10-21)16-28-14-12-22(13-15-28)24-23(11-6-19(5)27-24)25(29)26-18(3)4/h6-11,17-18,22H,12-16H2,1-5H3,(H,26,29). The van der Waals surface area contributed by atoms with Crippen molar-refractivity contribution >= 4 is 5.91 Å². The molecular weight excluding hydrogens is 358 g/mol. The molecule has 1 fully saturated rings. The summed E-state index contributed by atoms with van der Waals surface area (Å²) in [5.74, 6) is 0.918. The molecule has 1 aromatic heterocycles. The summed E-state index contributed by atoms with van der Waals surface area (Å²) < 4.78 is 0. The van der Waals surface area contributed by atoms with E-state index >= 15 is 0 Å². The van der Waals surface area contributed by atoms with E-state index in [2.05, 4.69) is 48.3 Å². The van der Waals surface area contributed by atoms with Crippen molar-refractivity contribution in [1.82, 2.24) is 15.2 Å². The van der Waals surface area contributed by atoms with E-state index in [1.165, 1.54) is 11.1 Å². The van der Waals surface area contributed by atoms with Crippen LogP contribution in [0.15, 0.2) is 36.4 Å². The second kappa shape index (κ2) is 9.53. The van der Waals surface area contributed by atoms with Gasteiger partial charge in [0, 0.05) is 24.2 Å². The lowest BCUT2D eigenvalue weighted by molar-refractivity contribution is 0.0940. The van der Waals surface area contributed by atoms with Gasteiger partial charge in [0.1, 0.15) is 0 Å². The summed E-state index contributed by atoms with van der Waals surface area (Å²) in [4.78, 5) is 19.9. The van der Waals surface area contributed by atoms with E-state index in [9.17, 15) is 4.79 Å². The highest BCUT2D eigenvalue weighted by Crippen LogP contribution is 2.30. The van der Waals surface area contributed by atoms with Crippen LogP contribution in [-0.4, -0.2) is 34.9 Å². The van der Waals surface area contributed by atoms with Gasteiger partial charge >= 0.3 is 0 Å². The minimum Gasteiger partial charge on any atom is -0.350 e. The molecule has 1 aliphatic heterocycles. The number of aryl methyl sites for hydroxylation is 1. The third-order valence-electron chi connectivity index (χ3n) is 5.76. The summed E-state index contributed by atoms with van der Waals surface area (Å²) in [5, 5.41) is 3.02. The van der Waals surface area contributed by atoms with Crippen LogP contribution in [0.1, 0.15) is 85.2 Å². The quantitative estimate of drug-likeness (QED) is 0.748. The van der Waals surface area contributed by atoms with Gasteiger partial charge in [-0.1, -0.05) is 38.1 Å². The van der Waals surface area contributed by atoms with Crippen molar-refractivity contribution < 1.29 is 4.79 Å². The molecule has 156 valence electrons. The second-order valence-corrected chi connectivity index (χ2v) is 8.96. The van der Waals surface area contributed by atoms with Crippen LogP contribution in [0.5, 0.6) is 0 Å². The van der Waals surface area contributed by atoms with Crippen LogP contribution in [0.4, 0.5) is 0 Å². The van der Waals surface area contributed by atoms with Gasteiger partial charge in [0.25, 0.3) is 5.91 Å². The maximum absolute atomic E-state index is 12.6.